The molecule has 0 aliphatic carbocycles. The zero-order valence-electron chi connectivity index (χ0n) is 12.3. The van der Waals surface area contributed by atoms with E-state index in [2.05, 4.69) is 0 Å². The molecule has 0 saturated heterocycles. The van der Waals surface area contributed by atoms with Crippen molar-refractivity contribution in [2.45, 2.75) is 6.54 Å². The molecule has 0 amide bonds. The van der Waals surface area contributed by atoms with Crippen LogP contribution < -0.4 is 19.9 Å². The molecule has 0 heterocycles. The molecule has 0 radical (unpaired) electrons. The predicted octanol–water partition coefficient (Wildman–Crippen LogP) is 2.98. The Bertz CT molecular complexity index is 644. The summed E-state index contributed by atoms with van der Waals surface area (Å²) in [4.78, 5) is 0. The van der Waals surface area contributed by atoms with Gasteiger partial charge in [-0.3, -0.25) is 0 Å². The van der Waals surface area contributed by atoms with Crippen LogP contribution >= 0.6 is 0 Å². The summed E-state index contributed by atoms with van der Waals surface area (Å²) < 4.78 is 29.6. The van der Waals surface area contributed by atoms with Crippen LogP contribution in [0.1, 0.15) is 5.56 Å². The van der Waals surface area contributed by atoms with Crippen LogP contribution in [0, 0.1) is 5.82 Å². The molecule has 2 rings (SSSR count). The minimum absolute atomic E-state index is 0.299. The molecule has 0 atom stereocenters. The molecule has 0 aliphatic heterocycles. The van der Waals surface area contributed by atoms with E-state index in [9.17, 15) is 4.39 Å². The smallest absolute Gasteiger partial charge is 0.203 e. The van der Waals surface area contributed by atoms with Gasteiger partial charge >= 0.3 is 0 Å². The number of benzene rings is 2. The first-order valence-corrected chi connectivity index (χ1v) is 6.44. The Kier molecular flexibility index (Phi) is 4.65. The van der Waals surface area contributed by atoms with E-state index in [4.69, 9.17) is 19.9 Å². The second-order valence-electron chi connectivity index (χ2n) is 4.39. The van der Waals surface area contributed by atoms with E-state index >= 15 is 0 Å². The number of ether oxygens (including phenoxy) is 3. The minimum atomic E-state index is -0.334. The Balaban J connectivity index is 2.72. The van der Waals surface area contributed by atoms with Crippen LogP contribution in [0.3, 0.4) is 0 Å². The topological polar surface area (TPSA) is 53.7 Å². The molecular weight excluding hydrogens is 273 g/mol. The fourth-order valence-corrected chi connectivity index (χ4v) is 2.29. The highest BCUT2D eigenvalue weighted by Crippen LogP contribution is 2.45. The molecule has 112 valence electrons. The van der Waals surface area contributed by atoms with Crippen LogP contribution in [0.4, 0.5) is 4.39 Å². The Morgan fingerprint density at radius 2 is 1.62 bits per heavy atom. The van der Waals surface area contributed by atoms with Gasteiger partial charge in [0.25, 0.3) is 0 Å². The molecule has 0 saturated carbocycles. The van der Waals surface area contributed by atoms with E-state index in [-0.39, 0.29) is 5.82 Å². The molecule has 0 unspecified atom stereocenters. The van der Waals surface area contributed by atoms with Gasteiger partial charge in [-0.2, -0.15) is 0 Å². The van der Waals surface area contributed by atoms with Crippen molar-refractivity contribution in [3.63, 3.8) is 0 Å². The quantitative estimate of drug-likeness (QED) is 0.920. The fourth-order valence-electron chi connectivity index (χ4n) is 2.29. The Hall–Kier alpha value is -2.27. The molecule has 2 N–H and O–H groups in total. The highest BCUT2D eigenvalue weighted by Gasteiger charge is 2.18. The summed E-state index contributed by atoms with van der Waals surface area (Å²) in [6.07, 6.45) is 0. The zero-order valence-corrected chi connectivity index (χ0v) is 12.3. The third-order valence-electron chi connectivity index (χ3n) is 3.29. The lowest BCUT2D eigenvalue weighted by molar-refractivity contribution is 0.325. The lowest BCUT2D eigenvalue weighted by atomic mass is 9.98. The van der Waals surface area contributed by atoms with Crippen molar-refractivity contribution in [3.05, 3.63) is 41.7 Å². The van der Waals surface area contributed by atoms with E-state index < -0.39 is 0 Å². The highest BCUT2D eigenvalue weighted by atomic mass is 19.1. The number of halogens is 1. The average molecular weight is 291 g/mol. The van der Waals surface area contributed by atoms with E-state index in [0.29, 0.717) is 34.9 Å². The van der Waals surface area contributed by atoms with Crippen molar-refractivity contribution in [2.24, 2.45) is 5.73 Å². The summed E-state index contributed by atoms with van der Waals surface area (Å²) in [5.41, 5.74) is 7.94. The van der Waals surface area contributed by atoms with Crippen LogP contribution in [0.25, 0.3) is 11.1 Å². The molecule has 0 aliphatic rings. The average Bonchev–Trinajstić information content (AvgIpc) is 2.53. The number of hydrogen-bond donors (Lipinski definition) is 1. The maximum atomic E-state index is 13.6. The number of hydrogen-bond acceptors (Lipinski definition) is 4. The van der Waals surface area contributed by atoms with Gasteiger partial charge < -0.3 is 19.9 Å². The van der Waals surface area contributed by atoms with E-state index in [1.807, 2.05) is 0 Å². The van der Waals surface area contributed by atoms with Gasteiger partial charge in [0, 0.05) is 12.1 Å². The summed E-state index contributed by atoms with van der Waals surface area (Å²) in [5, 5.41) is 0. The number of methoxy groups -OCH3 is 3. The van der Waals surface area contributed by atoms with Gasteiger partial charge in [-0.1, -0.05) is 6.07 Å². The maximum Gasteiger partial charge on any atom is 0.203 e. The fraction of sp³-hybridized carbons (Fsp3) is 0.250. The van der Waals surface area contributed by atoms with Gasteiger partial charge in [0.15, 0.2) is 11.5 Å². The van der Waals surface area contributed by atoms with Gasteiger partial charge in [-0.15, -0.1) is 0 Å². The van der Waals surface area contributed by atoms with E-state index in [1.54, 1.807) is 25.3 Å². The van der Waals surface area contributed by atoms with Gasteiger partial charge in [-0.05, 0) is 35.4 Å². The van der Waals surface area contributed by atoms with Crippen molar-refractivity contribution in [2.75, 3.05) is 21.3 Å². The summed E-state index contributed by atoms with van der Waals surface area (Å²) in [6, 6.07) is 8.04. The number of nitrogens with two attached hydrogens (primary N) is 1. The van der Waals surface area contributed by atoms with E-state index in [1.165, 1.54) is 26.4 Å². The van der Waals surface area contributed by atoms with Crippen LogP contribution in [-0.2, 0) is 6.54 Å². The van der Waals surface area contributed by atoms with Crippen LogP contribution in [-0.4, -0.2) is 21.3 Å². The first-order valence-electron chi connectivity index (χ1n) is 6.44. The molecular formula is C16H18FNO3. The third kappa shape index (κ3) is 2.78. The third-order valence-corrected chi connectivity index (χ3v) is 3.29. The van der Waals surface area contributed by atoms with Gasteiger partial charge in [0.05, 0.1) is 21.3 Å². The lowest BCUT2D eigenvalue weighted by Gasteiger charge is -2.17. The van der Waals surface area contributed by atoms with Gasteiger partial charge in [0.1, 0.15) is 5.82 Å². The summed E-state index contributed by atoms with van der Waals surface area (Å²) in [6.45, 7) is 0.299. The van der Waals surface area contributed by atoms with Crippen molar-refractivity contribution < 1.29 is 18.6 Å². The van der Waals surface area contributed by atoms with Crippen molar-refractivity contribution in [1.82, 2.24) is 0 Å². The van der Waals surface area contributed by atoms with Gasteiger partial charge in [0.2, 0.25) is 5.75 Å². The monoisotopic (exact) mass is 291 g/mol. The van der Waals surface area contributed by atoms with E-state index in [0.717, 1.165) is 5.56 Å². The highest BCUT2D eigenvalue weighted by molar-refractivity contribution is 5.78. The minimum Gasteiger partial charge on any atom is -0.493 e. The molecule has 4 nitrogen and oxygen atoms in total. The lowest BCUT2D eigenvalue weighted by Crippen LogP contribution is -2.02. The Labute approximate surface area is 123 Å². The van der Waals surface area contributed by atoms with Crippen molar-refractivity contribution in [3.8, 4) is 28.4 Å². The normalized spacial score (nSPS) is 10.3. The molecule has 2 aromatic rings. The van der Waals surface area contributed by atoms with Gasteiger partial charge in [-0.25, -0.2) is 4.39 Å². The number of rotatable bonds is 5. The summed E-state index contributed by atoms with van der Waals surface area (Å²) in [7, 11) is 4.60. The zero-order chi connectivity index (χ0) is 15.4. The Morgan fingerprint density at radius 1 is 0.905 bits per heavy atom. The SMILES string of the molecule is COc1ccc(-c2cc(F)ccc2CN)c(OC)c1OC. The predicted molar refractivity (Wildman–Crippen MR) is 79.4 cm³/mol. The maximum absolute atomic E-state index is 13.6. The standard InChI is InChI=1S/C16H18FNO3/c1-19-14-7-6-12(15(20-2)16(14)21-3)13-8-11(17)5-4-10(13)9-18/h4-8H,9,18H2,1-3H3. The molecule has 0 bridgehead atoms. The molecule has 21 heavy (non-hydrogen) atoms. The summed E-state index contributed by atoms with van der Waals surface area (Å²) >= 11 is 0. The molecule has 0 spiro atoms. The van der Waals surface area contributed by atoms with Crippen LogP contribution in [0.15, 0.2) is 30.3 Å². The molecule has 0 fully saturated rings. The first-order chi connectivity index (χ1) is 10.2. The van der Waals surface area contributed by atoms with Crippen LogP contribution in [0.5, 0.6) is 17.2 Å². The second kappa shape index (κ2) is 6.45. The van der Waals surface area contributed by atoms with Crippen molar-refractivity contribution >= 4 is 0 Å². The molecule has 0 aromatic heterocycles. The Morgan fingerprint density at radius 3 is 2.19 bits per heavy atom. The van der Waals surface area contributed by atoms with Crippen LogP contribution in [0.2, 0.25) is 0 Å². The first kappa shape index (κ1) is 15.1. The molecule has 5 heteroatoms. The van der Waals surface area contributed by atoms with Crippen molar-refractivity contribution in [1.29, 1.82) is 0 Å². The largest absolute Gasteiger partial charge is 0.493 e. The summed E-state index contributed by atoms with van der Waals surface area (Å²) in [5.74, 6) is 1.16. The second-order valence-corrected chi connectivity index (χ2v) is 4.39. The molecule has 2 aromatic carbocycles.